The van der Waals surface area contributed by atoms with Gasteiger partial charge in [0.15, 0.2) is 16.3 Å². The SMILES string of the molecule is N#CC(C(=O)Nc1ccccn1)C(=O)c1ccc(Br)o1. The lowest BCUT2D eigenvalue weighted by atomic mass is 10.0. The number of hydrogen-bond donors (Lipinski definition) is 1. The highest BCUT2D eigenvalue weighted by Crippen LogP contribution is 2.18. The number of halogens is 1. The van der Waals surface area contributed by atoms with Crippen LogP contribution in [0.3, 0.4) is 0 Å². The monoisotopic (exact) mass is 333 g/mol. The van der Waals surface area contributed by atoms with Crippen LogP contribution in [0.5, 0.6) is 0 Å². The average Bonchev–Trinajstić information content (AvgIpc) is 2.87. The molecule has 0 aliphatic rings. The second-order valence-corrected chi connectivity index (χ2v) is 4.52. The molecular formula is C13H8BrN3O3. The second-order valence-electron chi connectivity index (χ2n) is 3.73. The number of nitriles is 1. The highest BCUT2D eigenvalue weighted by atomic mass is 79.9. The fourth-order valence-electron chi connectivity index (χ4n) is 1.46. The molecule has 0 bridgehead atoms. The number of hydrogen-bond acceptors (Lipinski definition) is 5. The minimum absolute atomic E-state index is 0.0559. The third-order valence-corrected chi connectivity index (χ3v) is 2.81. The van der Waals surface area contributed by atoms with E-state index in [1.807, 2.05) is 0 Å². The number of nitrogens with zero attached hydrogens (tertiary/aromatic N) is 2. The summed E-state index contributed by atoms with van der Waals surface area (Å²) in [6, 6.07) is 9.49. The van der Waals surface area contributed by atoms with Crippen molar-refractivity contribution in [1.82, 2.24) is 4.98 Å². The van der Waals surface area contributed by atoms with Gasteiger partial charge in [0.2, 0.25) is 5.78 Å². The normalized spacial score (nSPS) is 11.4. The Morgan fingerprint density at radius 1 is 1.35 bits per heavy atom. The number of ketones is 1. The molecule has 1 N–H and O–H groups in total. The van der Waals surface area contributed by atoms with Crippen LogP contribution >= 0.6 is 15.9 Å². The topological polar surface area (TPSA) is 96.0 Å². The van der Waals surface area contributed by atoms with Gasteiger partial charge in [-0.1, -0.05) is 6.07 Å². The molecule has 1 unspecified atom stereocenters. The Labute approximate surface area is 122 Å². The summed E-state index contributed by atoms with van der Waals surface area (Å²) >= 11 is 3.05. The number of carbonyl (C=O) groups excluding carboxylic acids is 2. The molecule has 0 aromatic carbocycles. The Hall–Kier alpha value is -2.46. The Morgan fingerprint density at radius 2 is 2.15 bits per heavy atom. The zero-order chi connectivity index (χ0) is 14.5. The summed E-state index contributed by atoms with van der Waals surface area (Å²) < 4.78 is 5.40. The van der Waals surface area contributed by atoms with Gasteiger partial charge in [0.05, 0.1) is 6.07 Å². The maximum Gasteiger partial charge on any atom is 0.251 e. The number of nitrogens with one attached hydrogen (secondary N) is 1. The van der Waals surface area contributed by atoms with E-state index in [0.717, 1.165) is 0 Å². The summed E-state index contributed by atoms with van der Waals surface area (Å²) in [6.45, 7) is 0. The molecule has 2 aromatic rings. The van der Waals surface area contributed by atoms with Crippen molar-refractivity contribution in [3.63, 3.8) is 0 Å². The van der Waals surface area contributed by atoms with E-state index in [0.29, 0.717) is 4.67 Å². The van der Waals surface area contributed by atoms with Gasteiger partial charge in [-0.3, -0.25) is 9.59 Å². The Bertz CT molecular complexity index is 676. The molecule has 0 radical (unpaired) electrons. The summed E-state index contributed by atoms with van der Waals surface area (Å²) in [5, 5.41) is 11.4. The molecule has 20 heavy (non-hydrogen) atoms. The highest BCUT2D eigenvalue weighted by molar-refractivity contribution is 9.10. The minimum atomic E-state index is -1.49. The van der Waals surface area contributed by atoms with E-state index in [4.69, 9.17) is 9.68 Å². The van der Waals surface area contributed by atoms with Gasteiger partial charge in [-0.2, -0.15) is 5.26 Å². The molecular weight excluding hydrogens is 326 g/mol. The van der Waals surface area contributed by atoms with E-state index < -0.39 is 17.6 Å². The lowest BCUT2D eigenvalue weighted by molar-refractivity contribution is -0.117. The van der Waals surface area contributed by atoms with Gasteiger partial charge in [-0.15, -0.1) is 0 Å². The minimum Gasteiger partial charge on any atom is -0.446 e. The third kappa shape index (κ3) is 3.10. The van der Waals surface area contributed by atoms with Crippen LogP contribution in [0, 0.1) is 17.2 Å². The first kappa shape index (κ1) is 14.0. The molecule has 1 atom stereocenters. The largest absolute Gasteiger partial charge is 0.446 e. The first-order valence-corrected chi connectivity index (χ1v) is 6.32. The van der Waals surface area contributed by atoms with E-state index >= 15 is 0 Å². The van der Waals surface area contributed by atoms with Gasteiger partial charge in [0, 0.05) is 6.20 Å². The molecule has 1 amide bonds. The predicted octanol–water partition coefficient (Wildman–Crippen LogP) is 2.40. The van der Waals surface area contributed by atoms with Crippen molar-refractivity contribution in [2.24, 2.45) is 5.92 Å². The second kappa shape index (κ2) is 6.12. The Kier molecular flexibility index (Phi) is 4.27. The summed E-state index contributed by atoms with van der Waals surface area (Å²) in [4.78, 5) is 27.8. The molecule has 0 fully saturated rings. The molecule has 6 nitrogen and oxygen atoms in total. The van der Waals surface area contributed by atoms with Gasteiger partial charge < -0.3 is 9.73 Å². The lowest BCUT2D eigenvalue weighted by Crippen LogP contribution is -2.28. The standard InChI is InChI=1S/C13H8BrN3O3/c14-10-5-4-9(20-10)12(18)8(7-15)13(19)17-11-3-1-2-6-16-11/h1-6,8H,(H,16,17,19). The van der Waals surface area contributed by atoms with Crippen LogP contribution in [0.1, 0.15) is 10.6 Å². The quantitative estimate of drug-likeness (QED) is 0.684. The van der Waals surface area contributed by atoms with Crippen molar-refractivity contribution in [2.75, 3.05) is 5.32 Å². The molecule has 7 heteroatoms. The number of pyridine rings is 1. The maximum absolute atomic E-state index is 12.0. The summed E-state index contributed by atoms with van der Waals surface area (Å²) in [5.41, 5.74) is 0. The van der Waals surface area contributed by atoms with Gasteiger partial charge in [0.1, 0.15) is 5.82 Å². The van der Waals surface area contributed by atoms with E-state index in [9.17, 15) is 9.59 Å². The Morgan fingerprint density at radius 3 is 2.70 bits per heavy atom. The zero-order valence-corrected chi connectivity index (χ0v) is 11.6. The molecule has 0 aliphatic carbocycles. The number of aromatic nitrogens is 1. The van der Waals surface area contributed by atoms with Crippen molar-refractivity contribution in [1.29, 1.82) is 5.26 Å². The highest BCUT2D eigenvalue weighted by Gasteiger charge is 2.30. The smallest absolute Gasteiger partial charge is 0.251 e. The number of amides is 1. The molecule has 0 spiro atoms. The molecule has 2 aromatic heterocycles. The number of rotatable bonds is 4. The molecule has 0 saturated heterocycles. The van der Waals surface area contributed by atoms with Gasteiger partial charge >= 0.3 is 0 Å². The van der Waals surface area contributed by atoms with Crippen LogP contribution < -0.4 is 5.32 Å². The van der Waals surface area contributed by atoms with Crippen molar-refractivity contribution in [3.8, 4) is 6.07 Å². The van der Waals surface area contributed by atoms with Crippen LogP contribution in [-0.4, -0.2) is 16.7 Å². The maximum atomic E-state index is 12.0. The number of furan rings is 1. The van der Waals surface area contributed by atoms with Crippen LogP contribution in [0.4, 0.5) is 5.82 Å². The molecule has 0 aliphatic heterocycles. The number of Topliss-reactive ketones (excluding diaryl/α,β-unsaturated/α-hetero) is 1. The molecule has 2 rings (SSSR count). The molecule has 100 valence electrons. The Balaban J connectivity index is 2.14. The third-order valence-electron chi connectivity index (χ3n) is 2.39. The van der Waals surface area contributed by atoms with Crippen LogP contribution in [0.25, 0.3) is 0 Å². The fraction of sp³-hybridized carbons (Fsp3) is 0.0769. The van der Waals surface area contributed by atoms with Crippen LogP contribution in [0.2, 0.25) is 0 Å². The van der Waals surface area contributed by atoms with Crippen LogP contribution in [-0.2, 0) is 4.79 Å². The summed E-state index contributed by atoms with van der Waals surface area (Å²) in [5.74, 6) is -2.73. The number of carbonyl (C=O) groups is 2. The average molecular weight is 334 g/mol. The number of anilines is 1. The van der Waals surface area contributed by atoms with E-state index in [1.54, 1.807) is 24.3 Å². The first-order chi connectivity index (χ1) is 9.61. The lowest BCUT2D eigenvalue weighted by Gasteiger charge is -2.07. The van der Waals surface area contributed by atoms with E-state index in [-0.39, 0.29) is 11.6 Å². The van der Waals surface area contributed by atoms with Crippen molar-refractivity contribution >= 4 is 33.4 Å². The summed E-state index contributed by atoms with van der Waals surface area (Å²) in [7, 11) is 0. The summed E-state index contributed by atoms with van der Waals surface area (Å²) in [6.07, 6.45) is 1.49. The van der Waals surface area contributed by atoms with Gasteiger partial charge in [0.25, 0.3) is 5.91 Å². The van der Waals surface area contributed by atoms with E-state index in [1.165, 1.54) is 18.3 Å². The zero-order valence-electron chi connectivity index (χ0n) is 10.0. The van der Waals surface area contributed by atoms with Crippen molar-refractivity contribution in [3.05, 3.63) is 47.0 Å². The van der Waals surface area contributed by atoms with Crippen molar-refractivity contribution in [2.45, 2.75) is 0 Å². The first-order valence-electron chi connectivity index (χ1n) is 5.53. The van der Waals surface area contributed by atoms with Crippen molar-refractivity contribution < 1.29 is 14.0 Å². The van der Waals surface area contributed by atoms with Crippen LogP contribution in [0.15, 0.2) is 45.6 Å². The van der Waals surface area contributed by atoms with Gasteiger partial charge in [-0.05, 0) is 40.2 Å². The molecule has 2 heterocycles. The molecule has 0 saturated carbocycles. The van der Waals surface area contributed by atoms with E-state index in [2.05, 4.69) is 26.2 Å². The fourth-order valence-corrected chi connectivity index (χ4v) is 1.77. The van der Waals surface area contributed by atoms with Gasteiger partial charge in [-0.25, -0.2) is 4.98 Å². The predicted molar refractivity (Wildman–Crippen MR) is 72.7 cm³/mol.